The Balaban J connectivity index is 2.14. The van der Waals surface area contributed by atoms with Gasteiger partial charge in [0.25, 0.3) is 0 Å². The van der Waals surface area contributed by atoms with Crippen molar-refractivity contribution >= 4 is 34.9 Å². The fraction of sp³-hybridized carbons (Fsp3) is 0. The SMILES string of the molecule is c1ccc2c(c1)Sc1cscc1S2. The van der Waals surface area contributed by atoms with Crippen molar-refractivity contribution in [3.05, 3.63) is 35.0 Å². The van der Waals surface area contributed by atoms with Crippen LogP contribution < -0.4 is 0 Å². The van der Waals surface area contributed by atoms with Gasteiger partial charge in [-0.2, -0.15) is 11.3 Å². The van der Waals surface area contributed by atoms with Crippen molar-refractivity contribution in [2.75, 3.05) is 0 Å². The zero-order valence-electron chi connectivity index (χ0n) is 6.69. The lowest BCUT2D eigenvalue weighted by molar-refractivity contribution is 1.19. The molecule has 1 aromatic heterocycles. The van der Waals surface area contributed by atoms with Gasteiger partial charge in [-0.25, -0.2) is 0 Å². The van der Waals surface area contributed by atoms with E-state index >= 15 is 0 Å². The van der Waals surface area contributed by atoms with Crippen molar-refractivity contribution in [2.24, 2.45) is 0 Å². The topological polar surface area (TPSA) is 0 Å². The molecule has 1 aliphatic heterocycles. The third-order valence-electron chi connectivity index (χ3n) is 1.88. The fourth-order valence-corrected chi connectivity index (χ4v) is 4.64. The maximum absolute atomic E-state index is 2.23. The minimum absolute atomic E-state index is 1.39. The zero-order valence-corrected chi connectivity index (χ0v) is 9.14. The van der Waals surface area contributed by atoms with Crippen molar-refractivity contribution in [3.63, 3.8) is 0 Å². The number of fused-ring (bicyclic) bond motifs is 2. The lowest BCUT2D eigenvalue weighted by atomic mass is 10.4. The fourth-order valence-electron chi connectivity index (χ4n) is 1.28. The molecule has 0 saturated carbocycles. The summed E-state index contributed by atoms with van der Waals surface area (Å²) in [5.74, 6) is 0. The lowest BCUT2D eigenvalue weighted by Gasteiger charge is -2.13. The molecule has 0 spiro atoms. The third kappa shape index (κ3) is 1.31. The Morgan fingerprint density at radius 1 is 0.692 bits per heavy atom. The molecule has 0 aliphatic carbocycles. The van der Waals surface area contributed by atoms with E-state index in [4.69, 9.17) is 0 Å². The summed E-state index contributed by atoms with van der Waals surface area (Å²) in [4.78, 5) is 5.60. The van der Waals surface area contributed by atoms with Crippen LogP contribution in [0.15, 0.2) is 54.6 Å². The van der Waals surface area contributed by atoms with E-state index in [1.807, 2.05) is 23.5 Å². The zero-order chi connectivity index (χ0) is 8.67. The molecular weight excluding hydrogens is 216 g/mol. The Hall–Kier alpha value is -0.380. The number of hydrogen-bond donors (Lipinski definition) is 0. The molecule has 0 atom stereocenters. The highest BCUT2D eigenvalue weighted by Gasteiger charge is 2.16. The summed E-state index contributed by atoms with van der Waals surface area (Å²) in [5.41, 5.74) is 0. The minimum Gasteiger partial charge on any atom is -0.150 e. The van der Waals surface area contributed by atoms with E-state index in [9.17, 15) is 0 Å². The molecule has 2 aromatic rings. The molecule has 64 valence electrons. The Kier molecular flexibility index (Phi) is 1.89. The lowest BCUT2D eigenvalue weighted by Crippen LogP contribution is -1.84. The van der Waals surface area contributed by atoms with E-state index in [0.717, 1.165) is 0 Å². The Labute approximate surface area is 89.4 Å². The van der Waals surface area contributed by atoms with Crippen molar-refractivity contribution in [1.29, 1.82) is 0 Å². The normalized spacial score (nSPS) is 13.5. The molecule has 1 aromatic carbocycles. The van der Waals surface area contributed by atoms with Crippen LogP contribution in [0.4, 0.5) is 0 Å². The van der Waals surface area contributed by atoms with Gasteiger partial charge in [0.05, 0.1) is 0 Å². The van der Waals surface area contributed by atoms with E-state index in [1.165, 1.54) is 19.6 Å². The Bertz CT molecular complexity index is 405. The number of thiophene rings is 1. The smallest absolute Gasteiger partial charge is 0.0369 e. The van der Waals surface area contributed by atoms with Gasteiger partial charge in [0, 0.05) is 30.3 Å². The maximum atomic E-state index is 2.23. The molecule has 0 bridgehead atoms. The molecule has 0 fully saturated rings. The van der Waals surface area contributed by atoms with Gasteiger partial charge in [-0.15, -0.1) is 0 Å². The van der Waals surface area contributed by atoms with Crippen LogP contribution in [0.2, 0.25) is 0 Å². The maximum Gasteiger partial charge on any atom is 0.0369 e. The van der Waals surface area contributed by atoms with Crippen LogP contribution in [0.3, 0.4) is 0 Å². The van der Waals surface area contributed by atoms with Crippen LogP contribution in [-0.2, 0) is 0 Å². The molecule has 3 rings (SSSR count). The summed E-state index contributed by atoms with van der Waals surface area (Å²) in [6, 6.07) is 8.58. The summed E-state index contributed by atoms with van der Waals surface area (Å²) in [6.45, 7) is 0. The number of rotatable bonds is 0. The molecule has 3 heteroatoms. The van der Waals surface area contributed by atoms with Gasteiger partial charge in [0.1, 0.15) is 0 Å². The molecule has 2 heterocycles. The first kappa shape index (κ1) is 7.97. The highest BCUT2D eigenvalue weighted by Crippen LogP contribution is 2.49. The number of benzene rings is 1. The standard InChI is InChI=1S/C10H6S3/c1-2-4-8-7(3-1)12-9-5-11-6-10(9)13-8/h1-6H. The largest absolute Gasteiger partial charge is 0.150 e. The van der Waals surface area contributed by atoms with Crippen molar-refractivity contribution in [3.8, 4) is 0 Å². The molecular formula is C10H6S3. The molecule has 13 heavy (non-hydrogen) atoms. The first-order valence-corrected chi connectivity index (χ1v) is 6.52. The van der Waals surface area contributed by atoms with Crippen LogP contribution >= 0.6 is 34.9 Å². The van der Waals surface area contributed by atoms with Gasteiger partial charge in [0.2, 0.25) is 0 Å². The van der Waals surface area contributed by atoms with Gasteiger partial charge in [-0.05, 0) is 12.1 Å². The molecule has 0 N–H and O–H groups in total. The quantitative estimate of drug-likeness (QED) is 0.554. The van der Waals surface area contributed by atoms with Gasteiger partial charge >= 0.3 is 0 Å². The van der Waals surface area contributed by atoms with E-state index in [2.05, 4.69) is 35.0 Å². The second-order valence-electron chi connectivity index (χ2n) is 2.75. The van der Waals surface area contributed by atoms with Crippen LogP contribution in [0.5, 0.6) is 0 Å². The van der Waals surface area contributed by atoms with Crippen molar-refractivity contribution in [2.45, 2.75) is 19.6 Å². The van der Waals surface area contributed by atoms with Gasteiger partial charge in [-0.3, -0.25) is 0 Å². The predicted octanol–water partition coefficient (Wildman–Crippen LogP) is 4.36. The summed E-state index contributed by atoms with van der Waals surface area (Å²) in [7, 11) is 0. The third-order valence-corrected chi connectivity index (χ3v) is 5.45. The van der Waals surface area contributed by atoms with E-state index in [-0.39, 0.29) is 0 Å². The van der Waals surface area contributed by atoms with Crippen molar-refractivity contribution in [1.82, 2.24) is 0 Å². The Morgan fingerprint density at radius 2 is 1.23 bits per heavy atom. The van der Waals surface area contributed by atoms with E-state index < -0.39 is 0 Å². The summed E-state index contributed by atoms with van der Waals surface area (Å²) < 4.78 is 0. The van der Waals surface area contributed by atoms with Crippen LogP contribution in [0.1, 0.15) is 0 Å². The van der Waals surface area contributed by atoms with Crippen molar-refractivity contribution < 1.29 is 0 Å². The summed E-state index contributed by atoms with van der Waals surface area (Å²) in [5, 5.41) is 4.45. The molecule has 0 unspecified atom stereocenters. The summed E-state index contributed by atoms with van der Waals surface area (Å²) in [6.07, 6.45) is 0. The van der Waals surface area contributed by atoms with E-state index in [1.54, 1.807) is 11.3 Å². The Morgan fingerprint density at radius 3 is 1.77 bits per heavy atom. The highest BCUT2D eigenvalue weighted by molar-refractivity contribution is 8.05. The highest BCUT2D eigenvalue weighted by atomic mass is 32.2. The average Bonchev–Trinajstić information content (AvgIpc) is 2.61. The van der Waals surface area contributed by atoms with Gasteiger partial charge in [0.15, 0.2) is 0 Å². The first-order chi connectivity index (χ1) is 6.43. The second kappa shape index (κ2) is 3.08. The molecule has 0 nitrogen and oxygen atoms in total. The summed E-state index contributed by atoms with van der Waals surface area (Å²) >= 11 is 5.54. The first-order valence-electron chi connectivity index (χ1n) is 3.94. The van der Waals surface area contributed by atoms with Crippen LogP contribution in [-0.4, -0.2) is 0 Å². The van der Waals surface area contributed by atoms with Gasteiger partial charge in [-0.1, -0.05) is 35.7 Å². The molecule has 1 aliphatic rings. The van der Waals surface area contributed by atoms with Gasteiger partial charge < -0.3 is 0 Å². The monoisotopic (exact) mass is 222 g/mol. The molecule has 0 radical (unpaired) electrons. The number of hydrogen-bond acceptors (Lipinski definition) is 3. The van der Waals surface area contributed by atoms with E-state index in [0.29, 0.717) is 0 Å². The second-order valence-corrected chi connectivity index (χ2v) is 5.66. The van der Waals surface area contributed by atoms with Crippen LogP contribution in [0, 0.1) is 0 Å². The molecule has 0 saturated heterocycles. The average molecular weight is 222 g/mol. The molecule has 0 amide bonds. The predicted molar refractivity (Wildman–Crippen MR) is 59.0 cm³/mol. The minimum atomic E-state index is 1.39. The van der Waals surface area contributed by atoms with Crippen LogP contribution in [0.25, 0.3) is 0 Å².